The molecule has 2 heterocycles. The molecule has 1 aromatic carbocycles. The van der Waals surface area contributed by atoms with Gasteiger partial charge in [0.05, 0.1) is 12.1 Å². The zero-order valence-corrected chi connectivity index (χ0v) is 21.5. The monoisotopic (exact) mass is 543 g/mol. The van der Waals surface area contributed by atoms with E-state index in [1.165, 1.54) is 6.92 Å². The van der Waals surface area contributed by atoms with Gasteiger partial charge in [0.1, 0.15) is 24.4 Å². The molecule has 8 atom stereocenters. The van der Waals surface area contributed by atoms with E-state index >= 15 is 0 Å². The quantitative estimate of drug-likeness (QED) is 0.180. The molecular formula is C23H34N3O10P. The molecule has 8 N–H and O–H groups in total. The van der Waals surface area contributed by atoms with Crippen molar-refractivity contribution in [2.75, 3.05) is 0 Å². The number of rotatable bonds is 11. The van der Waals surface area contributed by atoms with Gasteiger partial charge in [-0.2, -0.15) is 0 Å². The predicted octanol–water partition coefficient (Wildman–Crippen LogP) is 0.229. The van der Waals surface area contributed by atoms with Crippen LogP contribution in [0.4, 0.5) is 0 Å². The number of hydrogen-bond donors (Lipinski definition) is 8. The Morgan fingerprint density at radius 2 is 1.81 bits per heavy atom. The van der Waals surface area contributed by atoms with Crippen LogP contribution in [0.25, 0.3) is 10.9 Å². The van der Waals surface area contributed by atoms with Crippen LogP contribution in [-0.4, -0.2) is 85.0 Å². The third kappa shape index (κ3) is 7.37. The highest BCUT2D eigenvalue weighted by Crippen LogP contribution is 2.42. The molecule has 0 radical (unpaired) electrons. The van der Waals surface area contributed by atoms with Crippen molar-refractivity contribution in [1.82, 2.24) is 15.4 Å². The van der Waals surface area contributed by atoms with Crippen molar-refractivity contribution in [3.8, 4) is 0 Å². The number of para-hydroxylation sites is 1. The Morgan fingerprint density at radius 3 is 2.46 bits per heavy atom. The highest BCUT2D eigenvalue weighted by Gasteiger charge is 2.45. The maximum absolute atomic E-state index is 13.1. The van der Waals surface area contributed by atoms with E-state index in [1.807, 2.05) is 24.3 Å². The molecule has 3 rings (SSSR count). The van der Waals surface area contributed by atoms with Gasteiger partial charge in [-0.05, 0) is 30.9 Å². The van der Waals surface area contributed by atoms with E-state index in [-0.39, 0.29) is 18.8 Å². The lowest BCUT2D eigenvalue weighted by Gasteiger charge is -2.39. The van der Waals surface area contributed by atoms with Gasteiger partial charge in [-0.1, -0.05) is 32.0 Å². The van der Waals surface area contributed by atoms with Gasteiger partial charge in [-0.3, -0.25) is 9.32 Å². The number of carboxylic acid groups (broad SMARTS) is 1. The van der Waals surface area contributed by atoms with Gasteiger partial charge in [-0.25, -0.2) is 14.4 Å². The van der Waals surface area contributed by atoms with Crippen molar-refractivity contribution in [2.45, 2.75) is 76.4 Å². The van der Waals surface area contributed by atoms with Crippen LogP contribution in [0.1, 0.15) is 32.8 Å². The number of ether oxygens (including phenoxy) is 1. The first-order valence-corrected chi connectivity index (χ1v) is 13.4. The zero-order chi connectivity index (χ0) is 27.5. The minimum absolute atomic E-state index is 0.0347. The summed E-state index contributed by atoms with van der Waals surface area (Å²) in [6.45, 7) is 4.90. The minimum Gasteiger partial charge on any atom is -0.480 e. The number of aliphatic hydroxyl groups excluding tert-OH is 3. The average Bonchev–Trinajstić information content (AvgIpc) is 3.22. The van der Waals surface area contributed by atoms with E-state index in [0.717, 1.165) is 10.9 Å². The number of fused-ring (bicyclic) bond motifs is 1. The second-order valence-electron chi connectivity index (χ2n) is 9.58. The van der Waals surface area contributed by atoms with E-state index in [1.54, 1.807) is 20.0 Å². The molecule has 37 heavy (non-hydrogen) atoms. The Bertz CT molecular complexity index is 1140. The summed E-state index contributed by atoms with van der Waals surface area (Å²) in [5, 5.41) is 45.0. The lowest BCUT2D eigenvalue weighted by atomic mass is 10.0. The third-order valence-electron chi connectivity index (χ3n) is 6.11. The van der Waals surface area contributed by atoms with E-state index in [4.69, 9.17) is 9.26 Å². The fourth-order valence-electron chi connectivity index (χ4n) is 4.15. The number of hydrogen-bond acceptors (Lipinski definition) is 8. The van der Waals surface area contributed by atoms with Gasteiger partial charge in [0.15, 0.2) is 6.29 Å². The normalized spacial score (nSPS) is 27.5. The molecule has 7 unspecified atom stereocenters. The number of aliphatic hydroxyl groups is 3. The molecule has 1 amide bonds. The summed E-state index contributed by atoms with van der Waals surface area (Å²) in [5.74, 6) is -2.27. The molecule has 0 aliphatic carbocycles. The highest BCUT2D eigenvalue weighted by atomic mass is 31.2. The molecule has 0 spiro atoms. The molecule has 0 bridgehead atoms. The summed E-state index contributed by atoms with van der Waals surface area (Å²) in [6.07, 6.45) is -6.08. The maximum atomic E-state index is 13.1. The van der Waals surface area contributed by atoms with Crippen LogP contribution in [0.5, 0.6) is 0 Å². The number of H-pyrrole nitrogens is 1. The highest BCUT2D eigenvalue weighted by molar-refractivity contribution is 7.50. The van der Waals surface area contributed by atoms with Crippen molar-refractivity contribution in [2.24, 2.45) is 5.92 Å². The molecule has 14 heteroatoms. The van der Waals surface area contributed by atoms with Crippen LogP contribution in [0.3, 0.4) is 0 Å². The van der Waals surface area contributed by atoms with Crippen molar-refractivity contribution < 1.29 is 48.7 Å². The van der Waals surface area contributed by atoms with E-state index < -0.39 is 62.4 Å². The first-order valence-electron chi connectivity index (χ1n) is 11.9. The van der Waals surface area contributed by atoms with Crippen molar-refractivity contribution in [3.63, 3.8) is 0 Å². The Labute approximate surface area is 213 Å². The van der Waals surface area contributed by atoms with Crippen molar-refractivity contribution >= 4 is 30.5 Å². The number of benzene rings is 1. The third-order valence-corrected chi connectivity index (χ3v) is 7.24. The summed E-state index contributed by atoms with van der Waals surface area (Å²) < 4.78 is 23.0. The Kier molecular flexibility index (Phi) is 9.48. The van der Waals surface area contributed by atoms with Crippen molar-refractivity contribution in [1.29, 1.82) is 0 Å². The van der Waals surface area contributed by atoms with Crippen molar-refractivity contribution in [3.05, 3.63) is 36.0 Å². The van der Waals surface area contributed by atoms with E-state index in [0.29, 0.717) is 5.56 Å². The standard InChI is InChI=1S/C23H34N3O10P/c1-11(2)8-16(26-37(33,34)36-23-20(29)19(28)18(27)12(3)35-23)21(30)25-17(22(31)32)9-13-10-24-15-7-5-4-6-14(13)15/h4-7,10-12,16-20,23-24,27-29H,8-9H2,1-3H3,(H,25,30)(H,31,32)(H2,26,33,34)/t12?,16-,17?,18?,19?,20?,23?/m0/s1. The summed E-state index contributed by atoms with van der Waals surface area (Å²) >= 11 is 0. The summed E-state index contributed by atoms with van der Waals surface area (Å²) in [5.41, 5.74) is 1.48. The number of amides is 1. The fourth-order valence-corrected chi connectivity index (χ4v) is 5.28. The first kappa shape index (κ1) is 29.2. The Hall–Kier alpha value is -2.35. The number of carbonyl (C=O) groups is 2. The molecule has 1 saturated heterocycles. The number of aromatic nitrogens is 1. The molecule has 0 saturated carbocycles. The smallest absolute Gasteiger partial charge is 0.406 e. The molecular weight excluding hydrogens is 509 g/mol. The van der Waals surface area contributed by atoms with Gasteiger partial charge >= 0.3 is 13.7 Å². The van der Waals surface area contributed by atoms with Crippen LogP contribution < -0.4 is 10.4 Å². The van der Waals surface area contributed by atoms with Crippen LogP contribution in [0.2, 0.25) is 0 Å². The Morgan fingerprint density at radius 1 is 1.14 bits per heavy atom. The molecule has 1 aliphatic rings. The Balaban J connectivity index is 1.72. The number of carbonyl (C=O) groups excluding carboxylic acids is 1. The van der Waals surface area contributed by atoms with Gasteiger partial charge in [0, 0.05) is 23.5 Å². The second-order valence-corrected chi connectivity index (χ2v) is 11.1. The lowest BCUT2D eigenvalue weighted by molar-refractivity contribution is -0.270. The number of aromatic amines is 1. The predicted molar refractivity (Wildman–Crippen MR) is 131 cm³/mol. The maximum Gasteiger partial charge on any atom is 0.406 e. The average molecular weight is 544 g/mol. The van der Waals surface area contributed by atoms with Crippen LogP contribution in [-0.2, 0) is 29.8 Å². The van der Waals surface area contributed by atoms with E-state index in [2.05, 4.69) is 15.4 Å². The largest absolute Gasteiger partial charge is 0.480 e. The summed E-state index contributed by atoms with van der Waals surface area (Å²) in [7, 11) is -4.83. The number of aliphatic carboxylic acids is 1. The molecule has 1 fully saturated rings. The zero-order valence-electron chi connectivity index (χ0n) is 20.6. The molecule has 13 nitrogen and oxygen atoms in total. The van der Waals surface area contributed by atoms with Crippen LogP contribution in [0, 0.1) is 5.92 Å². The first-order chi connectivity index (χ1) is 17.3. The minimum atomic E-state index is -4.83. The lowest BCUT2D eigenvalue weighted by Crippen LogP contribution is -2.57. The number of nitrogens with one attached hydrogen (secondary N) is 3. The van der Waals surface area contributed by atoms with Gasteiger partial charge < -0.3 is 40.4 Å². The molecule has 1 aliphatic heterocycles. The van der Waals surface area contributed by atoms with Crippen LogP contribution in [0.15, 0.2) is 30.5 Å². The molecule has 1 aromatic heterocycles. The molecule has 2 aromatic rings. The van der Waals surface area contributed by atoms with Gasteiger partial charge in [0.2, 0.25) is 5.91 Å². The van der Waals surface area contributed by atoms with Crippen LogP contribution >= 0.6 is 7.75 Å². The molecule has 206 valence electrons. The summed E-state index contributed by atoms with van der Waals surface area (Å²) in [6, 6.07) is 4.63. The topological polar surface area (TPSA) is 211 Å². The van der Waals surface area contributed by atoms with E-state index in [9.17, 15) is 39.5 Å². The second kappa shape index (κ2) is 12.0. The fraction of sp³-hybridized carbons (Fsp3) is 0.565. The van der Waals surface area contributed by atoms with Gasteiger partial charge in [-0.15, -0.1) is 0 Å². The summed E-state index contributed by atoms with van der Waals surface area (Å²) in [4.78, 5) is 38.5. The SMILES string of the molecule is CC(C)C[C@H](NP(=O)(O)OC1OC(C)C(O)C(O)C1O)C(=O)NC(Cc1c[nH]c2ccccc12)C(=O)O. The van der Waals surface area contributed by atoms with Gasteiger partial charge in [0.25, 0.3) is 0 Å². The number of carboxylic acids is 1.